The lowest BCUT2D eigenvalue weighted by molar-refractivity contribution is -0.474. The van der Waals surface area contributed by atoms with Crippen LogP contribution in [-0.4, -0.2) is 126 Å². The molecule has 1 aliphatic rings. The van der Waals surface area contributed by atoms with Gasteiger partial charge in [0, 0.05) is 11.1 Å². The molecule has 1 aliphatic heterocycles. The first-order chi connectivity index (χ1) is 25.3. The van der Waals surface area contributed by atoms with Gasteiger partial charge in [-0.1, -0.05) is 0 Å². The Morgan fingerprint density at radius 1 is 0.390 bits per heavy atom. The molecule has 1 fully saturated rings. The zero-order chi connectivity index (χ0) is 47.7. The number of halogens is 27. The fourth-order valence-corrected chi connectivity index (χ4v) is 5.81. The first kappa shape index (κ1) is 54.9. The molecule has 0 aromatic carbocycles. The summed E-state index contributed by atoms with van der Waals surface area (Å²) in [6.07, 6.45) is -76.4. The van der Waals surface area contributed by atoms with Gasteiger partial charge in [-0.15, -0.1) is 0 Å². The third-order valence-corrected chi connectivity index (χ3v) is 8.60. The minimum Gasteiger partial charge on any atom is -0.377 e. The quantitative estimate of drug-likeness (QED) is 0.197. The monoisotopic (exact) mass is 945 g/mol. The number of ether oxygens (including phenoxy) is 4. The van der Waals surface area contributed by atoms with Crippen molar-refractivity contribution in [3.05, 3.63) is 0 Å². The van der Waals surface area contributed by atoms with Gasteiger partial charge < -0.3 is 24.2 Å². The number of hydroxylamine groups is 2. The summed E-state index contributed by atoms with van der Waals surface area (Å²) in [4.78, 5) is 0. The van der Waals surface area contributed by atoms with Crippen molar-refractivity contribution in [2.24, 2.45) is 5.41 Å². The van der Waals surface area contributed by atoms with Crippen molar-refractivity contribution in [3.8, 4) is 0 Å². The third-order valence-electron chi connectivity index (χ3n) is 8.60. The van der Waals surface area contributed by atoms with E-state index in [2.05, 4.69) is 14.2 Å². The summed E-state index contributed by atoms with van der Waals surface area (Å²) < 4.78 is 384. The summed E-state index contributed by atoms with van der Waals surface area (Å²) in [6, 6.07) is 0. The second-order valence-electron chi connectivity index (χ2n) is 14.2. The Morgan fingerprint density at radius 3 is 0.746 bits per heavy atom. The van der Waals surface area contributed by atoms with Crippen LogP contribution in [0.15, 0.2) is 0 Å². The van der Waals surface area contributed by atoms with E-state index >= 15 is 0 Å². The number of piperidine rings is 1. The number of hydrogen-bond acceptors (Lipinski definition) is 6. The standard InChI is InChI=1S/C26H26F27NO5/c1-12(2)5-11(6-13(3,4)54(12)55)56-7-14(8-57-15(18(27,28)29,19(30,31)32)20(33,34)35,9-58-16(21(36,37)38,22(39,40)41)23(42,43)44)10-59-17(24(45,46)47,25(48,49)50)26(51,52)53/h11,55H,5-10H2,1-4H3. The molecule has 0 radical (unpaired) electrons. The highest BCUT2D eigenvalue weighted by Crippen LogP contribution is 2.59. The molecule has 1 N–H and O–H groups in total. The highest BCUT2D eigenvalue weighted by Gasteiger charge is 2.88. The van der Waals surface area contributed by atoms with Crippen LogP contribution >= 0.6 is 0 Å². The highest BCUT2D eigenvalue weighted by atomic mass is 19.5. The van der Waals surface area contributed by atoms with Crippen LogP contribution in [0.1, 0.15) is 40.5 Å². The van der Waals surface area contributed by atoms with E-state index < -0.39 is 134 Å². The average molecular weight is 945 g/mol. The summed E-state index contributed by atoms with van der Waals surface area (Å²) >= 11 is 0. The molecule has 0 atom stereocenters. The second-order valence-corrected chi connectivity index (χ2v) is 14.2. The molecular formula is C26H26F27NO5. The lowest BCUT2D eigenvalue weighted by atomic mass is 9.80. The van der Waals surface area contributed by atoms with Crippen LogP contribution in [0.25, 0.3) is 0 Å². The topological polar surface area (TPSA) is 60.4 Å². The molecule has 1 rings (SSSR count). The molecule has 0 saturated carbocycles. The van der Waals surface area contributed by atoms with Gasteiger partial charge in [-0.25, -0.2) is 0 Å². The second kappa shape index (κ2) is 15.6. The Labute approximate surface area is 310 Å². The fraction of sp³-hybridized carbons (Fsp3) is 1.00. The van der Waals surface area contributed by atoms with Crippen molar-refractivity contribution in [3.63, 3.8) is 0 Å². The minimum absolute atomic E-state index is 0.418. The van der Waals surface area contributed by atoms with Crippen LogP contribution in [0.2, 0.25) is 0 Å². The van der Waals surface area contributed by atoms with Crippen LogP contribution in [0, 0.1) is 5.41 Å². The molecular weight excluding hydrogens is 919 g/mol. The fourth-order valence-electron chi connectivity index (χ4n) is 5.81. The maximum absolute atomic E-state index is 13.7. The smallest absolute Gasteiger partial charge is 0.377 e. The lowest BCUT2D eigenvalue weighted by Gasteiger charge is -2.52. The first-order valence-corrected chi connectivity index (χ1v) is 14.9. The maximum Gasteiger partial charge on any atom is 0.435 e. The third kappa shape index (κ3) is 9.92. The van der Waals surface area contributed by atoms with Gasteiger partial charge in [-0.05, 0) is 40.5 Å². The molecule has 0 aliphatic carbocycles. The molecule has 1 saturated heterocycles. The molecule has 0 unspecified atom stereocenters. The largest absolute Gasteiger partial charge is 0.435 e. The molecule has 0 bridgehead atoms. The van der Waals surface area contributed by atoms with Crippen molar-refractivity contribution in [2.45, 2.75) is 130 Å². The molecule has 33 heteroatoms. The number of alkyl halides is 27. The maximum atomic E-state index is 13.7. The molecule has 0 amide bonds. The van der Waals surface area contributed by atoms with E-state index in [-0.39, 0.29) is 0 Å². The van der Waals surface area contributed by atoms with Gasteiger partial charge in [0.15, 0.2) is 0 Å². The van der Waals surface area contributed by atoms with Crippen molar-refractivity contribution in [2.75, 3.05) is 26.4 Å². The highest BCUT2D eigenvalue weighted by molar-refractivity contribution is 5.07. The van der Waals surface area contributed by atoms with E-state index in [0.29, 0.717) is 5.06 Å². The van der Waals surface area contributed by atoms with Crippen LogP contribution in [-0.2, 0) is 18.9 Å². The average Bonchev–Trinajstić information content (AvgIpc) is 2.88. The molecule has 0 spiro atoms. The molecule has 0 aromatic heterocycles. The summed E-state index contributed by atoms with van der Waals surface area (Å²) in [7, 11) is 0. The van der Waals surface area contributed by atoms with Crippen molar-refractivity contribution in [1.29, 1.82) is 0 Å². The molecule has 0 aromatic rings. The zero-order valence-corrected chi connectivity index (χ0v) is 29.1. The Hall–Kier alpha value is -2.13. The Kier molecular flexibility index (Phi) is 14.5. The van der Waals surface area contributed by atoms with E-state index in [1.165, 1.54) is 0 Å². The van der Waals surface area contributed by atoms with Crippen LogP contribution in [0.4, 0.5) is 119 Å². The van der Waals surface area contributed by atoms with Crippen LogP contribution in [0.5, 0.6) is 0 Å². The Bertz CT molecular complexity index is 1150. The number of rotatable bonds is 12. The number of nitrogens with zero attached hydrogens (tertiary/aromatic N) is 1. The van der Waals surface area contributed by atoms with E-state index in [1.54, 1.807) is 0 Å². The van der Waals surface area contributed by atoms with Gasteiger partial charge >= 0.3 is 72.4 Å². The van der Waals surface area contributed by atoms with Gasteiger partial charge in [-0.2, -0.15) is 124 Å². The first-order valence-electron chi connectivity index (χ1n) is 14.9. The van der Waals surface area contributed by atoms with Crippen molar-refractivity contribution in [1.82, 2.24) is 5.06 Å². The van der Waals surface area contributed by atoms with Gasteiger partial charge in [0.1, 0.15) is 0 Å². The van der Waals surface area contributed by atoms with Crippen molar-refractivity contribution < 1.29 is 143 Å². The number of hydrogen-bond donors (Lipinski definition) is 1. The predicted molar refractivity (Wildman–Crippen MR) is 134 cm³/mol. The van der Waals surface area contributed by atoms with Crippen LogP contribution in [0.3, 0.4) is 0 Å². The van der Waals surface area contributed by atoms with Gasteiger partial charge in [0.05, 0.1) is 37.9 Å². The molecule has 6 nitrogen and oxygen atoms in total. The van der Waals surface area contributed by atoms with Crippen molar-refractivity contribution >= 4 is 0 Å². The van der Waals surface area contributed by atoms with Gasteiger partial charge in [0.2, 0.25) is 0 Å². The zero-order valence-electron chi connectivity index (χ0n) is 29.1. The summed E-state index contributed by atoms with van der Waals surface area (Å²) in [6.45, 7) is -10.9. The molecule has 354 valence electrons. The summed E-state index contributed by atoms with van der Waals surface area (Å²) in [5.41, 5.74) is -32.5. The van der Waals surface area contributed by atoms with E-state index in [4.69, 9.17) is 4.74 Å². The lowest BCUT2D eigenvalue weighted by Crippen LogP contribution is -2.71. The SMILES string of the molecule is CC1(C)CC(OCC(COC(C(F)(F)F)(C(F)(F)F)C(F)(F)F)(COC(C(F)(F)F)(C(F)(F)F)C(F)(F)F)COC(C(F)(F)F)(C(F)(F)F)C(F)(F)F)CC(C)(C)N1O. The van der Waals surface area contributed by atoms with E-state index in [9.17, 15) is 124 Å². The molecule has 59 heavy (non-hydrogen) atoms. The summed E-state index contributed by atoms with van der Waals surface area (Å²) in [5, 5.41) is 10.8. The normalized spacial score (nSPS) is 19.7. The minimum atomic E-state index is -8.05. The van der Waals surface area contributed by atoms with E-state index in [1.807, 2.05) is 0 Å². The van der Waals surface area contributed by atoms with Gasteiger partial charge in [-0.3, -0.25) is 0 Å². The van der Waals surface area contributed by atoms with Crippen LogP contribution < -0.4 is 0 Å². The Balaban J connectivity index is 4.54. The summed E-state index contributed by atoms with van der Waals surface area (Å²) in [5.74, 6) is 0. The predicted octanol–water partition coefficient (Wildman–Crippen LogP) is 10.7. The Morgan fingerprint density at radius 2 is 0.576 bits per heavy atom. The van der Waals surface area contributed by atoms with Gasteiger partial charge in [0.25, 0.3) is 0 Å². The van der Waals surface area contributed by atoms with E-state index in [0.717, 1.165) is 27.7 Å². The molecule has 1 heterocycles.